The summed E-state index contributed by atoms with van der Waals surface area (Å²) in [5, 5.41) is 4.95. The van der Waals surface area contributed by atoms with E-state index in [0.717, 1.165) is 28.4 Å². The maximum atomic E-state index is 2.40. The van der Waals surface area contributed by atoms with E-state index in [4.69, 9.17) is 0 Å². The summed E-state index contributed by atoms with van der Waals surface area (Å²) >= 11 is 0. The lowest BCUT2D eigenvalue weighted by Gasteiger charge is -2.26. The molecule has 11 rings (SSSR count). The third-order valence-electron chi connectivity index (χ3n) is 11.3. The molecule has 0 unspecified atom stereocenters. The zero-order valence-electron chi connectivity index (χ0n) is 31.2. The summed E-state index contributed by atoms with van der Waals surface area (Å²) in [4.78, 5) is 2.37. The number of hydrogen-bond donors (Lipinski definition) is 0. The molecule has 268 valence electrons. The van der Waals surface area contributed by atoms with E-state index in [0.29, 0.717) is 0 Å². The first-order chi connectivity index (χ1) is 28.3. The summed E-state index contributed by atoms with van der Waals surface area (Å²) in [6, 6.07) is 81.0. The Morgan fingerprint density at radius 1 is 0.281 bits per heavy atom. The molecule has 0 aliphatic rings. The summed E-state index contributed by atoms with van der Waals surface area (Å²) in [5.41, 5.74) is 15.2. The van der Waals surface area contributed by atoms with Crippen LogP contribution in [0.1, 0.15) is 0 Å². The van der Waals surface area contributed by atoms with Crippen LogP contribution in [0.25, 0.3) is 77.2 Å². The summed E-state index contributed by atoms with van der Waals surface area (Å²) in [6.45, 7) is 0. The van der Waals surface area contributed by atoms with Crippen LogP contribution in [0.2, 0.25) is 0 Å². The largest absolute Gasteiger partial charge is 0.310 e. The molecule has 0 saturated heterocycles. The fourth-order valence-electron chi connectivity index (χ4n) is 8.75. The molecule has 9 aromatic carbocycles. The summed E-state index contributed by atoms with van der Waals surface area (Å²) in [5.74, 6) is 0. The molecular weight excluding hydrogens is 691 g/mol. The predicted molar refractivity (Wildman–Crippen MR) is 241 cm³/mol. The van der Waals surface area contributed by atoms with E-state index in [1.54, 1.807) is 0 Å². The number of para-hydroxylation sites is 3. The topological polar surface area (TPSA) is 13.1 Å². The van der Waals surface area contributed by atoms with Crippen molar-refractivity contribution in [3.05, 3.63) is 224 Å². The van der Waals surface area contributed by atoms with Crippen LogP contribution in [0.15, 0.2) is 224 Å². The van der Waals surface area contributed by atoms with Crippen molar-refractivity contribution in [2.75, 3.05) is 4.90 Å². The molecule has 0 bridgehead atoms. The van der Waals surface area contributed by atoms with Crippen LogP contribution in [0, 0.1) is 0 Å². The maximum Gasteiger partial charge on any atom is 0.0547 e. The number of fused-ring (bicyclic) bond motifs is 6. The smallest absolute Gasteiger partial charge is 0.0547 e. The monoisotopic (exact) mass is 727 g/mol. The van der Waals surface area contributed by atoms with E-state index in [9.17, 15) is 0 Å². The Morgan fingerprint density at radius 2 is 0.807 bits per heavy atom. The fourth-order valence-corrected chi connectivity index (χ4v) is 8.75. The van der Waals surface area contributed by atoms with Crippen molar-refractivity contribution in [3.63, 3.8) is 0 Å². The number of anilines is 3. The van der Waals surface area contributed by atoms with Crippen LogP contribution in [0.5, 0.6) is 0 Å². The van der Waals surface area contributed by atoms with Gasteiger partial charge in [0, 0.05) is 50.0 Å². The van der Waals surface area contributed by atoms with Gasteiger partial charge in [0.05, 0.1) is 22.1 Å². The van der Waals surface area contributed by atoms with E-state index in [1.165, 1.54) is 65.9 Å². The normalized spacial score (nSPS) is 11.5. The molecule has 0 radical (unpaired) electrons. The van der Waals surface area contributed by atoms with E-state index in [-0.39, 0.29) is 0 Å². The van der Waals surface area contributed by atoms with Crippen LogP contribution in [0.4, 0.5) is 17.1 Å². The van der Waals surface area contributed by atoms with Gasteiger partial charge in [-0.15, -0.1) is 0 Å². The zero-order valence-corrected chi connectivity index (χ0v) is 31.2. The number of nitrogens with zero attached hydrogens (tertiary/aromatic N) is 3. The van der Waals surface area contributed by atoms with Crippen molar-refractivity contribution >= 4 is 60.7 Å². The average molecular weight is 728 g/mol. The van der Waals surface area contributed by atoms with Gasteiger partial charge < -0.3 is 14.0 Å². The molecule has 0 N–H and O–H groups in total. The summed E-state index contributed by atoms with van der Waals surface area (Å²) < 4.78 is 4.79. The van der Waals surface area contributed by atoms with Gasteiger partial charge in [0.2, 0.25) is 0 Å². The highest BCUT2D eigenvalue weighted by atomic mass is 15.1. The van der Waals surface area contributed by atoms with Crippen molar-refractivity contribution in [2.24, 2.45) is 0 Å². The van der Waals surface area contributed by atoms with Crippen molar-refractivity contribution in [2.45, 2.75) is 0 Å². The molecule has 2 aromatic heterocycles. The van der Waals surface area contributed by atoms with Gasteiger partial charge in [0.15, 0.2) is 0 Å². The molecule has 3 nitrogen and oxygen atoms in total. The minimum Gasteiger partial charge on any atom is -0.310 e. The molecule has 0 fully saturated rings. The molecule has 0 atom stereocenters. The highest BCUT2D eigenvalue weighted by Gasteiger charge is 2.20. The van der Waals surface area contributed by atoms with Crippen LogP contribution in [-0.4, -0.2) is 9.13 Å². The van der Waals surface area contributed by atoms with E-state index in [1.807, 2.05) is 0 Å². The van der Waals surface area contributed by atoms with Crippen molar-refractivity contribution in [1.82, 2.24) is 9.13 Å². The molecule has 0 spiro atoms. The zero-order chi connectivity index (χ0) is 37.7. The van der Waals surface area contributed by atoms with E-state index < -0.39 is 0 Å². The Morgan fingerprint density at radius 3 is 1.56 bits per heavy atom. The minimum atomic E-state index is 1.09. The van der Waals surface area contributed by atoms with Gasteiger partial charge in [0.1, 0.15) is 0 Å². The van der Waals surface area contributed by atoms with Gasteiger partial charge in [-0.05, 0) is 113 Å². The van der Waals surface area contributed by atoms with Crippen molar-refractivity contribution < 1.29 is 0 Å². The first-order valence-electron chi connectivity index (χ1n) is 19.5. The Bertz CT molecular complexity index is 3200. The Hall–Kier alpha value is -7.62. The van der Waals surface area contributed by atoms with Gasteiger partial charge in [-0.1, -0.05) is 133 Å². The predicted octanol–water partition coefficient (Wildman–Crippen LogP) is 14.7. The lowest BCUT2D eigenvalue weighted by Crippen LogP contribution is -2.10. The highest BCUT2D eigenvalue weighted by Crippen LogP contribution is 2.43. The van der Waals surface area contributed by atoms with Crippen molar-refractivity contribution in [3.8, 4) is 33.6 Å². The van der Waals surface area contributed by atoms with Crippen LogP contribution < -0.4 is 4.90 Å². The summed E-state index contributed by atoms with van der Waals surface area (Å²) in [6.07, 6.45) is 0. The second-order valence-electron chi connectivity index (χ2n) is 14.6. The first-order valence-corrected chi connectivity index (χ1v) is 19.5. The molecular formula is C54H37N3. The van der Waals surface area contributed by atoms with Gasteiger partial charge in [-0.25, -0.2) is 0 Å². The van der Waals surface area contributed by atoms with Crippen LogP contribution in [0.3, 0.4) is 0 Å². The lowest BCUT2D eigenvalue weighted by atomic mass is 9.99. The average Bonchev–Trinajstić information content (AvgIpc) is 3.80. The lowest BCUT2D eigenvalue weighted by molar-refractivity contribution is 1.17. The van der Waals surface area contributed by atoms with Gasteiger partial charge in [0.25, 0.3) is 0 Å². The second-order valence-corrected chi connectivity index (χ2v) is 14.6. The third-order valence-corrected chi connectivity index (χ3v) is 11.3. The second kappa shape index (κ2) is 13.6. The molecule has 0 aliphatic heterocycles. The number of benzene rings is 9. The SMILES string of the molecule is c1ccc(-c2ccc3c(c2)c2ccccc2n3-c2ccc(N(c3ccccc3)c3ccc4c(c3)c3c(-c5ccccc5)cccc3n4-c3ccccc3)cc2)cc1. The minimum absolute atomic E-state index is 1.09. The third kappa shape index (κ3) is 5.51. The Balaban J connectivity index is 1.08. The molecule has 57 heavy (non-hydrogen) atoms. The fraction of sp³-hybridized carbons (Fsp3) is 0. The first kappa shape index (κ1) is 32.8. The molecule has 0 amide bonds. The molecule has 0 saturated carbocycles. The quantitative estimate of drug-likeness (QED) is 0.159. The molecule has 0 aliphatic carbocycles. The number of aromatic nitrogens is 2. The Labute approximate surface area is 331 Å². The van der Waals surface area contributed by atoms with Gasteiger partial charge in [-0.2, -0.15) is 0 Å². The van der Waals surface area contributed by atoms with Crippen LogP contribution >= 0.6 is 0 Å². The Kier molecular flexibility index (Phi) is 7.82. The summed E-state index contributed by atoms with van der Waals surface area (Å²) in [7, 11) is 0. The standard InChI is InChI=1S/C54H37N3/c1-5-16-38(17-6-1)40-28-34-51-48(36-40)47-24-13-14-26-50(47)56(51)44-31-29-43(30-32-44)55(41-20-9-3-10-21-41)45-33-35-52-49(37-45)54-46(39-18-7-2-8-19-39)25-15-27-53(54)57(52)42-22-11-4-12-23-42/h1-37H. The number of hydrogen-bond acceptors (Lipinski definition) is 1. The molecule has 3 heteroatoms. The van der Waals surface area contributed by atoms with Crippen molar-refractivity contribution in [1.29, 1.82) is 0 Å². The van der Waals surface area contributed by atoms with E-state index >= 15 is 0 Å². The molecule has 11 aromatic rings. The highest BCUT2D eigenvalue weighted by molar-refractivity contribution is 6.17. The number of rotatable bonds is 7. The van der Waals surface area contributed by atoms with Gasteiger partial charge >= 0.3 is 0 Å². The van der Waals surface area contributed by atoms with Crippen LogP contribution in [-0.2, 0) is 0 Å². The van der Waals surface area contributed by atoms with Gasteiger partial charge in [-0.3, -0.25) is 0 Å². The molecule has 2 heterocycles. The van der Waals surface area contributed by atoms with E-state index in [2.05, 4.69) is 238 Å². The maximum absolute atomic E-state index is 2.40.